The Morgan fingerprint density at radius 3 is 2.55 bits per heavy atom. The Morgan fingerprint density at radius 2 is 1.91 bits per heavy atom. The van der Waals surface area contributed by atoms with Crippen LogP contribution in [0.2, 0.25) is 0 Å². The molecule has 6 heteroatoms. The van der Waals surface area contributed by atoms with E-state index in [1.165, 1.54) is 0 Å². The van der Waals surface area contributed by atoms with E-state index in [-0.39, 0.29) is 6.61 Å². The van der Waals surface area contributed by atoms with Gasteiger partial charge in [0.2, 0.25) is 0 Å². The Morgan fingerprint density at radius 1 is 1.18 bits per heavy atom. The second kappa shape index (κ2) is 9.78. The maximum absolute atomic E-state index is 11.9. The van der Waals surface area contributed by atoms with Crippen LogP contribution in [-0.4, -0.2) is 48.4 Å². The summed E-state index contributed by atoms with van der Waals surface area (Å²) in [5.41, 5.74) is 1.01. The highest BCUT2D eigenvalue weighted by Crippen LogP contribution is 2.08. The molecule has 0 heterocycles. The van der Waals surface area contributed by atoms with E-state index in [0.29, 0.717) is 17.7 Å². The van der Waals surface area contributed by atoms with Crippen LogP contribution in [0.3, 0.4) is 0 Å². The number of rotatable bonds is 9. The van der Waals surface area contributed by atoms with E-state index in [4.69, 9.17) is 9.84 Å². The average molecular weight is 309 g/mol. The summed E-state index contributed by atoms with van der Waals surface area (Å²) in [5.74, 6) is -0.406. The molecule has 0 atom stereocenters. The molecule has 0 radical (unpaired) electrons. The van der Waals surface area contributed by atoms with Gasteiger partial charge in [-0.2, -0.15) is 0 Å². The predicted octanol–water partition coefficient (Wildman–Crippen LogP) is 2.77. The van der Waals surface area contributed by atoms with Crippen molar-refractivity contribution in [1.82, 2.24) is 4.90 Å². The monoisotopic (exact) mass is 309 g/mol. The van der Waals surface area contributed by atoms with Gasteiger partial charge in [-0.25, -0.2) is 9.59 Å². The lowest BCUT2D eigenvalue weighted by atomic mass is 10.1. The molecular weight excluding hydrogens is 286 g/mol. The topological polar surface area (TPSA) is 76.1 Å². The third kappa shape index (κ3) is 6.58. The van der Waals surface area contributed by atoms with Gasteiger partial charge >= 0.3 is 12.1 Å². The minimum atomic E-state index is -1.34. The van der Waals surface area contributed by atoms with Crippen LogP contribution in [0.25, 0.3) is 0 Å². The maximum Gasteiger partial charge on any atom is 0.506 e. The molecule has 0 unspecified atom stereocenters. The van der Waals surface area contributed by atoms with Crippen molar-refractivity contribution in [2.24, 2.45) is 0 Å². The summed E-state index contributed by atoms with van der Waals surface area (Å²) in [7, 11) is 0. The van der Waals surface area contributed by atoms with E-state index in [1.807, 2.05) is 0 Å². The second-order valence-electron chi connectivity index (χ2n) is 4.77. The van der Waals surface area contributed by atoms with Crippen molar-refractivity contribution in [3.8, 4) is 0 Å². The van der Waals surface area contributed by atoms with Crippen molar-refractivity contribution in [3.63, 3.8) is 0 Å². The molecule has 0 aliphatic rings. The Bertz CT molecular complexity index is 485. The molecule has 0 spiro atoms. The molecular formula is C16H23NO5. The molecule has 0 amide bonds. The highest BCUT2D eigenvalue weighted by Gasteiger charge is 2.09. The first-order valence-electron chi connectivity index (χ1n) is 7.41. The van der Waals surface area contributed by atoms with Crippen molar-refractivity contribution < 1.29 is 24.2 Å². The van der Waals surface area contributed by atoms with Crippen molar-refractivity contribution in [2.45, 2.75) is 26.9 Å². The van der Waals surface area contributed by atoms with Gasteiger partial charge in [0.05, 0.1) is 12.2 Å². The number of carbonyl (C=O) groups is 2. The van der Waals surface area contributed by atoms with Gasteiger partial charge in [-0.15, -0.1) is 0 Å². The molecule has 0 aromatic heterocycles. The largest absolute Gasteiger partial charge is 0.506 e. The van der Waals surface area contributed by atoms with Crippen LogP contribution in [-0.2, 0) is 16.1 Å². The third-order valence-corrected chi connectivity index (χ3v) is 3.27. The zero-order valence-corrected chi connectivity index (χ0v) is 13.1. The SMILES string of the molecule is CCN(CC)CCCOC(=O)c1cccc(COC(=O)O)c1. The molecule has 0 aliphatic heterocycles. The standard InChI is InChI=1S/C16H23NO5/c1-3-17(4-2)9-6-10-21-15(18)14-8-5-7-13(11-14)12-22-16(19)20/h5,7-8,11H,3-4,6,9-10,12H2,1-2H3,(H,19,20). The van der Waals surface area contributed by atoms with Crippen LogP contribution in [0.15, 0.2) is 24.3 Å². The minimum Gasteiger partial charge on any atom is -0.462 e. The molecule has 0 saturated heterocycles. The van der Waals surface area contributed by atoms with E-state index in [9.17, 15) is 9.59 Å². The molecule has 0 bridgehead atoms. The highest BCUT2D eigenvalue weighted by atomic mass is 16.7. The van der Waals surface area contributed by atoms with Gasteiger partial charge in [0.1, 0.15) is 6.61 Å². The molecule has 0 saturated carbocycles. The number of esters is 1. The van der Waals surface area contributed by atoms with Crippen LogP contribution >= 0.6 is 0 Å². The molecule has 6 nitrogen and oxygen atoms in total. The molecule has 122 valence electrons. The van der Waals surface area contributed by atoms with Gasteiger partial charge in [-0.05, 0) is 37.2 Å². The summed E-state index contributed by atoms with van der Waals surface area (Å²) in [5, 5.41) is 8.46. The minimum absolute atomic E-state index is 0.0849. The maximum atomic E-state index is 11.9. The molecule has 1 aromatic rings. The second-order valence-corrected chi connectivity index (χ2v) is 4.77. The first-order valence-corrected chi connectivity index (χ1v) is 7.41. The Labute approximate surface area is 130 Å². The lowest BCUT2D eigenvalue weighted by molar-refractivity contribution is 0.0489. The van der Waals surface area contributed by atoms with Crippen molar-refractivity contribution in [3.05, 3.63) is 35.4 Å². The van der Waals surface area contributed by atoms with Crippen LogP contribution in [0, 0.1) is 0 Å². The summed E-state index contributed by atoms with van der Waals surface area (Å²) in [4.78, 5) is 24.5. The Hall–Kier alpha value is -2.08. The van der Waals surface area contributed by atoms with Crippen molar-refractivity contribution in [2.75, 3.05) is 26.2 Å². The zero-order chi connectivity index (χ0) is 16.4. The quantitative estimate of drug-likeness (QED) is 0.558. The summed E-state index contributed by atoms with van der Waals surface area (Å²) in [6, 6.07) is 6.58. The smallest absolute Gasteiger partial charge is 0.462 e. The fourth-order valence-electron chi connectivity index (χ4n) is 2.01. The first-order chi connectivity index (χ1) is 10.6. The molecule has 22 heavy (non-hydrogen) atoms. The summed E-state index contributed by atoms with van der Waals surface area (Å²) in [6.07, 6.45) is -0.556. The van der Waals surface area contributed by atoms with E-state index < -0.39 is 12.1 Å². The van der Waals surface area contributed by atoms with Gasteiger partial charge in [0, 0.05) is 6.54 Å². The lowest BCUT2D eigenvalue weighted by Gasteiger charge is -2.17. The van der Waals surface area contributed by atoms with Crippen molar-refractivity contribution in [1.29, 1.82) is 0 Å². The molecule has 1 rings (SSSR count). The number of hydrogen-bond donors (Lipinski definition) is 1. The highest BCUT2D eigenvalue weighted by molar-refractivity contribution is 5.89. The van der Waals surface area contributed by atoms with Gasteiger partial charge < -0.3 is 19.5 Å². The lowest BCUT2D eigenvalue weighted by Crippen LogP contribution is -2.25. The van der Waals surface area contributed by atoms with E-state index in [1.54, 1.807) is 24.3 Å². The van der Waals surface area contributed by atoms with Gasteiger partial charge in [0.25, 0.3) is 0 Å². The van der Waals surface area contributed by atoms with Crippen LogP contribution < -0.4 is 0 Å². The molecule has 0 fully saturated rings. The fraction of sp³-hybridized carbons (Fsp3) is 0.500. The number of nitrogens with zero attached hydrogens (tertiary/aromatic N) is 1. The molecule has 1 aromatic carbocycles. The Balaban J connectivity index is 2.41. The average Bonchev–Trinajstić information content (AvgIpc) is 2.53. The predicted molar refractivity (Wildman–Crippen MR) is 81.9 cm³/mol. The number of ether oxygens (including phenoxy) is 2. The number of carbonyl (C=O) groups excluding carboxylic acids is 1. The van der Waals surface area contributed by atoms with Crippen molar-refractivity contribution >= 4 is 12.1 Å². The van der Waals surface area contributed by atoms with Crippen LogP contribution in [0.1, 0.15) is 36.2 Å². The van der Waals surface area contributed by atoms with Gasteiger partial charge in [-0.3, -0.25) is 0 Å². The normalized spacial score (nSPS) is 10.5. The van der Waals surface area contributed by atoms with Gasteiger partial charge in [-0.1, -0.05) is 26.0 Å². The number of benzene rings is 1. The summed E-state index contributed by atoms with van der Waals surface area (Å²) < 4.78 is 9.70. The summed E-state index contributed by atoms with van der Waals surface area (Å²) >= 11 is 0. The van der Waals surface area contributed by atoms with Crippen LogP contribution in [0.5, 0.6) is 0 Å². The third-order valence-electron chi connectivity index (χ3n) is 3.27. The van der Waals surface area contributed by atoms with E-state index >= 15 is 0 Å². The van der Waals surface area contributed by atoms with E-state index in [2.05, 4.69) is 23.5 Å². The number of hydrogen-bond acceptors (Lipinski definition) is 5. The number of carboxylic acid groups (broad SMARTS) is 1. The molecule has 1 N–H and O–H groups in total. The Kier molecular flexibility index (Phi) is 7.99. The summed E-state index contributed by atoms with van der Waals surface area (Å²) in [6.45, 7) is 7.34. The fourth-order valence-corrected chi connectivity index (χ4v) is 2.01. The van der Waals surface area contributed by atoms with E-state index in [0.717, 1.165) is 26.1 Å². The van der Waals surface area contributed by atoms with Gasteiger partial charge in [0.15, 0.2) is 0 Å². The molecule has 0 aliphatic carbocycles. The zero-order valence-electron chi connectivity index (χ0n) is 13.1. The van der Waals surface area contributed by atoms with Crippen LogP contribution in [0.4, 0.5) is 4.79 Å². The first kappa shape index (κ1) is 18.0.